The van der Waals surface area contributed by atoms with Crippen molar-refractivity contribution in [2.24, 2.45) is 5.41 Å². The lowest BCUT2D eigenvalue weighted by Crippen LogP contribution is -2.45. The Morgan fingerprint density at radius 3 is 3.00 bits per heavy atom. The highest BCUT2D eigenvalue weighted by Crippen LogP contribution is 2.40. The highest BCUT2D eigenvalue weighted by Gasteiger charge is 2.42. The summed E-state index contributed by atoms with van der Waals surface area (Å²) in [5, 5.41) is 3.37. The summed E-state index contributed by atoms with van der Waals surface area (Å²) in [7, 11) is 0. The largest absolute Gasteiger partial charge is 0.300 e. The summed E-state index contributed by atoms with van der Waals surface area (Å²) in [4.78, 5) is 9.80. The van der Waals surface area contributed by atoms with Crippen molar-refractivity contribution in [3.05, 3.63) is 16.6 Å². The quantitative estimate of drug-likeness (QED) is 0.849. The smallest absolute Gasteiger partial charge is 0.107 e. The molecule has 0 N–H and O–H groups in total. The van der Waals surface area contributed by atoms with Crippen molar-refractivity contribution < 1.29 is 0 Å². The maximum absolute atomic E-state index is 4.45. The van der Waals surface area contributed by atoms with Crippen LogP contribution in [0.15, 0.2) is 11.6 Å². The fourth-order valence-electron chi connectivity index (χ4n) is 3.90. The highest BCUT2D eigenvalue weighted by atomic mass is 32.1. The Hall–Kier alpha value is -0.450. The third-order valence-corrected chi connectivity index (χ3v) is 6.03. The number of hydrogen-bond donors (Lipinski definition) is 0. The lowest BCUT2D eigenvalue weighted by molar-refractivity contribution is 0.0823. The van der Waals surface area contributed by atoms with Crippen molar-refractivity contribution >= 4 is 11.3 Å². The van der Waals surface area contributed by atoms with Gasteiger partial charge in [0.1, 0.15) is 5.01 Å². The van der Waals surface area contributed by atoms with E-state index in [1.165, 1.54) is 56.9 Å². The zero-order chi connectivity index (χ0) is 14.0. The Labute approximate surface area is 127 Å². The van der Waals surface area contributed by atoms with Gasteiger partial charge in [-0.05, 0) is 51.1 Å². The van der Waals surface area contributed by atoms with Crippen LogP contribution in [0.2, 0.25) is 0 Å². The summed E-state index contributed by atoms with van der Waals surface area (Å²) < 4.78 is 0. The van der Waals surface area contributed by atoms with Gasteiger partial charge in [-0.3, -0.25) is 4.90 Å². The number of rotatable bonds is 4. The summed E-state index contributed by atoms with van der Waals surface area (Å²) in [5.41, 5.74) is 0.568. The third-order valence-electron chi connectivity index (χ3n) is 5.26. The van der Waals surface area contributed by atoms with E-state index in [9.17, 15) is 0 Å². The molecule has 20 heavy (non-hydrogen) atoms. The van der Waals surface area contributed by atoms with E-state index in [-0.39, 0.29) is 0 Å². The van der Waals surface area contributed by atoms with Crippen molar-refractivity contribution in [2.45, 2.75) is 52.1 Å². The van der Waals surface area contributed by atoms with Crippen LogP contribution in [0.1, 0.15) is 44.5 Å². The molecule has 2 aliphatic rings. The maximum Gasteiger partial charge on any atom is 0.107 e. The van der Waals surface area contributed by atoms with E-state index in [2.05, 4.69) is 34.0 Å². The molecule has 0 aliphatic carbocycles. The summed E-state index contributed by atoms with van der Waals surface area (Å²) in [5.74, 6) is 0. The second-order valence-electron chi connectivity index (χ2n) is 6.72. The average molecular weight is 293 g/mol. The predicted octanol–water partition coefficient (Wildman–Crippen LogP) is 3.23. The fourth-order valence-corrected chi connectivity index (χ4v) is 4.56. The molecular formula is C16H27N3S. The second-order valence-corrected chi connectivity index (χ2v) is 7.70. The number of likely N-dealkylation sites (tertiary alicyclic amines) is 2. The summed E-state index contributed by atoms with van der Waals surface area (Å²) in [6, 6.07) is 0.753. The number of nitrogens with zero attached hydrogens (tertiary/aromatic N) is 3. The van der Waals surface area contributed by atoms with Crippen LogP contribution in [0, 0.1) is 5.41 Å². The SMILES string of the molecule is CC[C@@H](C)N1CC[C@@]2(CCCN(Cc3nccs3)C2)C1. The van der Waals surface area contributed by atoms with Crippen LogP contribution in [0.25, 0.3) is 0 Å². The first-order chi connectivity index (χ1) is 9.71. The van der Waals surface area contributed by atoms with E-state index in [4.69, 9.17) is 0 Å². The molecule has 0 amide bonds. The first-order valence-electron chi connectivity index (χ1n) is 8.05. The summed E-state index contributed by atoms with van der Waals surface area (Å²) in [6.45, 7) is 10.9. The second kappa shape index (κ2) is 6.12. The van der Waals surface area contributed by atoms with Crippen molar-refractivity contribution in [1.82, 2.24) is 14.8 Å². The number of piperidine rings is 1. The van der Waals surface area contributed by atoms with E-state index in [1.807, 2.05) is 6.20 Å². The lowest BCUT2D eigenvalue weighted by atomic mass is 9.79. The van der Waals surface area contributed by atoms with Crippen LogP contribution in [-0.2, 0) is 6.54 Å². The standard InChI is InChI=1S/C16H27N3S/c1-3-14(2)19-9-6-16(13-19)5-4-8-18(12-16)11-15-17-7-10-20-15/h7,10,14H,3-6,8-9,11-13H2,1-2H3/t14-,16-/m1/s1. The van der Waals surface area contributed by atoms with Crippen molar-refractivity contribution in [1.29, 1.82) is 0 Å². The van der Waals surface area contributed by atoms with Crippen LogP contribution in [0.4, 0.5) is 0 Å². The minimum atomic E-state index is 0.568. The molecule has 0 unspecified atom stereocenters. The molecule has 1 aromatic heterocycles. The van der Waals surface area contributed by atoms with Gasteiger partial charge in [0.25, 0.3) is 0 Å². The molecule has 2 fully saturated rings. The minimum Gasteiger partial charge on any atom is -0.300 e. The topological polar surface area (TPSA) is 19.4 Å². The van der Waals surface area contributed by atoms with Gasteiger partial charge in [-0.1, -0.05) is 6.92 Å². The molecule has 0 radical (unpaired) electrons. The van der Waals surface area contributed by atoms with Gasteiger partial charge in [0, 0.05) is 30.7 Å². The molecule has 0 saturated carbocycles. The Morgan fingerprint density at radius 2 is 2.25 bits per heavy atom. The Bertz CT molecular complexity index is 419. The van der Waals surface area contributed by atoms with Gasteiger partial charge in [-0.25, -0.2) is 4.98 Å². The predicted molar refractivity (Wildman–Crippen MR) is 85.0 cm³/mol. The van der Waals surface area contributed by atoms with Crippen LogP contribution in [0.5, 0.6) is 0 Å². The van der Waals surface area contributed by atoms with Gasteiger partial charge < -0.3 is 4.90 Å². The van der Waals surface area contributed by atoms with Gasteiger partial charge in [0.05, 0.1) is 6.54 Å². The van der Waals surface area contributed by atoms with Gasteiger partial charge in [0.15, 0.2) is 0 Å². The van der Waals surface area contributed by atoms with Gasteiger partial charge in [0.2, 0.25) is 0 Å². The molecule has 4 heteroatoms. The molecule has 3 nitrogen and oxygen atoms in total. The number of hydrogen-bond acceptors (Lipinski definition) is 4. The van der Waals surface area contributed by atoms with E-state index in [0.717, 1.165) is 12.6 Å². The molecular weight excluding hydrogens is 266 g/mol. The van der Waals surface area contributed by atoms with Crippen LogP contribution in [-0.4, -0.2) is 47.0 Å². The van der Waals surface area contributed by atoms with E-state index >= 15 is 0 Å². The first-order valence-corrected chi connectivity index (χ1v) is 8.93. The van der Waals surface area contributed by atoms with E-state index in [1.54, 1.807) is 11.3 Å². The molecule has 1 spiro atoms. The summed E-state index contributed by atoms with van der Waals surface area (Å²) in [6.07, 6.45) is 7.39. The maximum atomic E-state index is 4.45. The first kappa shape index (κ1) is 14.5. The van der Waals surface area contributed by atoms with Crippen LogP contribution in [0.3, 0.4) is 0 Å². The van der Waals surface area contributed by atoms with Gasteiger partial charge >= 0.3 is 0 Å². The number of aromatic nitrogens is 1. The van der Waals surface area contributed by atoms with Gasteiger partial charge in [-0.2, -0.15) is 0 Å². The summed E-state index contributed by atoms with van der Waals surface area (Å²) >= 11 is 1.79. The molecule has 2 atom stereocenters. The monoisotopic (exact) mass is 293 g/mol. The van der Waals surface area contributed by atoms with Gasteiger partial charge in [-0.15, -0.1) is 11.3 Å². The molecule has 2 saturated heterocycles. The Morgan fingerprint density at radius 1 is 1.35 bits per heavy atom. The third kappa shape index (κ3) is 3.07. The minimum absolute atomic E-state index is 0.568. The van der Waals surface area contributed by atoms with E-state index in [0.29, 0.717) is 5.41 Å². The molecule has 112 valence electrons. The van der Waals surface area contributed by atoms with Crippen LogP contribution < -0.4 is 0 Å². The lowest BCUT2D eigenvalue weighted by Gasteiger charge is -2.40. The Kier molecular flexibility index (Phi) is 4.43. The van der Waals surface area contributed by atoms with Crippen molar-refractivity contribution in [3.8, 4) is 0 Å². The number of thiazole rings is 1. The zero-order valence-electron chi connectivity index (χ0n) is 12.8. The molecule has 1 aromatic rings. The molecule has 0 bridgehead atoms. The average Bonchev–Trinajstić information content (AvgIpc) is 3.09. The van der Waals surface area contributed by atoms with Crippen LogP contribution >= 0.6 is 11.3 Å². The fraction of sp³-hybridized carbons (Fsp3) is 0.812. The molecule has 2 aliphatic heterocycles. The molecule has 3 rings (SSSR count). The molecule has 0 aromatic carbocycles. The highest BCUT2D eigenvalue weighted by molar-refractivity contribution is 7.09. The van der Waals surface area contributed by atoms with E-state index < -0.39 is 0 Å². The normalized spacial score (nSPS) is 30.1. The Balaban J connectivity index is 1.60. The van der Waals surface area contributed by atoms with Crippen molar-refractivity contribution in [2.75, 3.05) is 26.2 Å². The van der Waals surface area contributed by atoms with Crippen molar-refractivity contribution in [3.63, 3.8) is 0 Å². The molecule has 3 heterocycles. The zero-order valence-corrected chi connectivity index (χ0v) is 13.7.